The van der Waals surface area contributed by atoms with Crippen LogP contribution in [0.3, 0.4) is 0 Å². The number of morpholine rings is 1. The number of ether oxygens (including phenoxy) is 1. The lowest BCUT2D eigenvalue weighted by Gasteiger charge is -2.32. The molecule has 1 aromatic rings. The van der Waals surface area contributed by atoms with Gasteiger partial charge in [-0.25, -0.2) is 0 Å². The summed E-state index contributed by atoms with van der Waals surface area (Å²) in [4.78, 5) is 2.47. The number of rotatable bonds is 6. The van der Waals surface area contributed by atoms with Crippen LogP contribution in [0, 0.1) is 5.41 Å². The van der Waals surface area contributed by atoms with E-state index in [0.717, 1.165) is 57.9 Å². The molecule has 0 aromatic heterocycles. The van der Waals surface area contributed by atoms with Crippen LogP contribution < -0.4 is 11.1 Å². The molecule has 3 rings (SSSR count). The Hall–Kier alpha value is -1.36. The minimum Gasteiger partial charge on any atom is -0.398 e. The second-order valence-electron chi connectivity index (χ2n) is 9.41. The zero-order valence-corrected chi connectivity index (χ0v) is 17.6. The Labute approximate surface area is 165 Å². The molecule has 150 valence electrons. The van der Waals surface area contributed by atoms with Gasteiger partial charge >= 0.3 is 0 Å². The molecule has 0 spiro atoms. The summed E-state index contributed by atoms with van der Waals surface area (Å²) in [6, 6.07) is 6.56. The van der Waals surface area contributed by atoms with Crippen molar-refractivity contribution >= 4 is 11.3 Å². The fraction of sp³-hybridized carbons (Fsp3) is 0.652. The lowest BCUT2D eigenvalue weighted by atomic mass is 9.76. The van der Waals surface area contributed by atoms with Crippen LogP contribution in [-0.2, 0) is 10.3 Å². The van der Waals surface area contributed by atoms with E-state index in [4.69, 9.17) is 10.5 Å². The van der Waals surface area contributed by atoms with Crippen molar-refractivity contribution in [2.45, 2.75) is 52.5 Å². The van der Waals surface area contributed by atoms with E-state index in [9.17, 15) is 0 Å². The Bertz CT molecular complexity index is 672. The number of nitrogens with one attached hydrogen (secondary N) is 1. The van der Waals surface area contributed by atoms with Crippen molar-refractivity contribution in [2.24, 2.45) is 5.41 Å². The normalized spacial score (nSPS) is 21.1. The smallest absolute Gasteiger partial charge is 0.0594 e. The van der Waals surface area contributed by atoms with Crippen LogP contribution in [0.5, 0.6) is 0 Å². The molecule has 0 bridgehead atoms. The molecule has 2 aliphatic rings. The van der Waals surface area contributed by atoms with Gasteiger partial charge in [0, 0.05) is 43.0 Å². The average molecular weight is 372 g/mol. The number of nitrogens with zero attached hydrogens (tertiary/aromatic N) is 1. The van der Waals surface area contributed by atoms with Gasteiger partial charge in [-0.3, -0.25) is 4.90 Å². The molecule has 1 heterocycles. The lowest BCUT2D eigenvalue weighted by molar-refractivity contribution is 0.0376. The van der Waals surface area contributed by atoms with Gasteiger partial charge in [-0.1, -0.05) is 26.0 Å². The maximum atomic E-state index is 6.35. The van der Waals surface area contributed by atoms with E-state index in [0.29, 0.717) is 5.41 Å². The van der Waals surface area contributed by atoms with Crippen LogP contribution in [0.2, 0.25) is 0 Å². The predicted molar refractivity (Wildman–Crippen MR) is 115 cm³/mol. The van der Waals surface area contributed by atoms with Crippen LogP contribution in [0.1, 0.15) is 58.1 Å². The first-order valence-corrected chi connectivity index (χ1v) is 10.4. The van der Waals surface area contributed by atoms with Crippen molar-refractivity contribution in [3.8, 4) is 0 Å². The number of nitrogen functional groups attached to an aromatic ring is 1. The molecule has 1 aliphatic carbocycles. The standard InChI is InChI=1S/C23H37N3O/c1-22(2)9-7-18(8-10-22)20-17-19(5-6-21(20)24)23(3,4)25-11-12-26-13-15-27-16-14-26/h5-7,17,25H,8-16,24H2,1-4H3. The van der Waals surface area contributed by atoms with E-state index in [1.54, 1.807) is 0 Å². The molecule has 0 unspecified atom stereocenters. The summed E-state index contributed by atoms with van der Waals surface area (Å²) < 4.78 is 5.43. The molecule has 0 atom stereocenters. The van der Waals surface area contributed by atoms with E-state index in [2.05, 4.69) is 62.2 Å². The van der Waals surface area contributed by atoms with Gasteiger partial charge in [-0.15, -0.1) is 0 Å². The number of benzene rings is 1. The molecule has 4 heteroatoms. The Morgan fingerprint density at radius 2 is 1.96 bits per heavy atom. The highest BCUT2D eigenvalue weighted by atomic mass is 16.5. The molecule has 1 aliphatic heterocycles. The maximum Gasteiger partial charge on any atom is 0.0594 e. The Morgan fingerprint density at radius 3 is 2.63 bits per heavy atom. The molecule has 1 aromatic carbocycles. The highest BCUT2D eigenvalue weighted by Gasteiger charge is 2.25. The van der Waals surface area contributed by atoms with Crippen molar-refractivity contribution in [1.29, 1.82) is 0 Å². The molecular weight excluding hydrogens is 334 g/mol. The summed E-state index contributed by atoms with van der Waals surface area (Å²) in [7, 11) is 0. The molecular formula is C23H37N3O. The van der Waals surface area contributed by atoms with Gasteiger partial charge < -0.3 is 15.8 Å². The summed E-state index contributed by atoms with van der Waals surface area (Å²) in [5, 5.41) is 3.74. The third kappa shape index (κ3) is 5.34. The second-order valence-corrected chi connectivity index (χ2v) is 9.41. The molecule has 1 saturated heterocycles. The Morgan fingerprint density at radius 1 is 1.22 bits per heavy atom. The molecule has 4 nitrogen and oxygen atoms in total. The minimum absolute atomic E-state index is 0.0801. The SMILES string of the molecule is CC1(C)CC=C(c2cc(C(C)(C)NCCN3CCOCC3)ccc2N)CC1. The van der Waals surface area contributed by atoms with Crippen molar-refractivity contribution in [2.75, 3.05) is 45.1 Å². The highest BCUT2D eigenvalue weighted by Crippen LogP contribution is 2.40. The average Bonchev–Trinajstić information content (AvgIpc) is 2.63. The molecule has 0 radical (unpaired) electrons. The largest absolute Gasteiger partial charge is 0.398 e. The van der Waals surface area contributed by atoms with Gasteiger partial charge in [0.05, 0.1) is 13.2 Å². The van der Waals surface area contributed by atoms with Gasteiger partial charge in [0.2, 0.25) is 0 Å². The number of nitrogens with two attached hydrogens (primary N) is 1. The zero-order valence-electron chi connectivity index (χ0n) is 17.6. The summed E-state index contributed by atoms with van der Waals surface area (Å²) in [5.41, 5.74) is 11.5. The highest BCUT2D eigenvalue weighted by molar-refractivity contribution is 5.76. The van der Waals surface area contributed by atoms with Crippen LogP contribution in [0.15, 0.2) is 24.3 Å². The Balaban J connectivity index is 1.67. The summed E-state index contributed by atoms with van der Waals surface area (Å²) in [5.74, 6) is 0. The summed E-state index contributed by atoms with van der Waals surface area (Å²) in [6.07, 6.45) is 5.88. The van der Waals surface area contributed by atoms with Crippen molar-refractivity contribution < 1.29 is 4.74 Å². The van der Waals surface area contributed by atoms with Crippen LogP contribution in [-0.4, -0.2) is 44.3 Å². The number of allylic oxidation sites excluding steroid dienone is 2. The molecule has 1 fully saturated rings. The van der Waals surface area contributed by atoms with E-state index in [1.165, 1.54) is 23.1 Å². The van der Waals surface area contributed by atoms with Gasteiger partial charge in [-0.2, -0.15) is 0 Å². The monoisotopic (exact) mass is 371 g/mol. The van der Waals surface area contributed by atoms with Gasteiger partial charge in [0.25, 0.3) is 0 Å². The first kappa shape index (κ1) is 20.4. The predicted octanol–water partition coefficient (Wildman–Crippen LogP) is 4.02. The van der Waals surface area contributed by atoms with Crippen LogP contribution >= 0.6 is 0 Å². The van der Waals surface area contributed by atoms with Gasteiger partial charge in [-0.05, 0) is 61.8 Å². The molecule has 0 amide bonds. The third-order valence-electron chi connectivity index (χ3n) is 6.19. The van der Waals surface area contributed by atoms with Gasteiger partial charge in [0.1, 0.15) is 0 Å². The number of hydrogen-bond donors (Lipinski definition) is 2. The topological polar surface area (TPSA) is 50.5 Å². The lowest BCUT2D eigenvalue weighted by Crippen LogP contribution is -2.44. The first-order chi connectivity index (χ1) is 12.8. The zero-order chi connectivity index (χ0) is 19.5. The fourth-order valence-electron chi connectivity index (χ4n) is 4.00. The van der Waals surface area contributed by atoms with Gasteiger partial charge in [0.15, 0.2) is 0 Å². The first-order valence-electron chi connectivity index (χ1n) is 10.4. The summed E-state index contributed by atoms with van der Waals surface area (Å²) in [6.45, 7) is 15.1. The van der Waals surface area contributed by atoms with Crippen molar-refractivity contribution in [3.05, 3.63) is 35.4 Å². The van der Waals surface area contributed by atoms with Crippen LogP contribution in [0.25, 0.3) is 5.57 Å². The Kier molecular flexibility index (Phi) is 6.29. The summed E-state index contributed by atoms with van der Waals surface area (Å²) >= 11 is 0. The molecule has 0 saturated carbocycles. The molecule has 27 heavy (non-hydrogen) atoms. The van der Waals surface area contributed by atoms with Crippen molar-refractivity contribution in [3.63, 3.8) is 0 Å². The molecule has 3 N–H and O–H groups in total. The van der Waals surface area contributed by atoms with Crippen LogP contribution in [0.4, 0.5) is 5.69 Å². The fourth-order valence-corrected chi connectivity index (χ4v) is 4.00. The van der Waals surface area contributed by atoms with E-state index < -0.39 is 0 Å². The second kappa shape index (κ2) is 8.34. The quantitative estimate of drug-likeness (QED) is 0.742. The third-order valence-corrected chi connectivity index (χ3v) is 6.19. The van der Waals surface area contributed by atoms with Crippen molar-refractivity contribution in [1.82, 2.24) is 10.2 Å². The number of anilines is 1. The van der Waals surface area contributed by atoms with E-state index >= 15 is 0 Å². The minimum atomic E-state index is -0.0801. The van der Waals surface area contributed by atoms with E-state index in [1.807, 2.05) is 0 Å². The van der Waals surface area contributed by atoms with E-state index in [-0.39, 0.29) is 5.54 Å². The maximum absolute atomic E-state index is 6.35. The number of hydrogen-bond acceptors (Lipinski definition) is 4.